The fraction of sp³-hybridized carbons (Fsp3) is 0.405. The normalized spacial score (nSPS) is 19.5. The molecule has 2 saturated heterocycles. The van der Waals surface area contributed by atoms with Crippen LogP contribution >= 0.6 is 11.6 Å². The summed E-state index contributed by atoms with van der Waals surface area (Å²) in [6, 6.07) is 15.9. The van der Waals surface area contributed by atoms with Crippen LogP contribution in [0.4, 0.5) is 16.3 Å². The van der Waals surface area contributed by atoms with Crippen LogP contribution in [-0.4, -0.2) is 87.5 Å². The van der Waals surface area contributed by atoms with Gasteiger partial charge >= 0.3 is 11.7 Å². The highest BCUT2D eigenvalue weighted by Crippen LogP contribution is 2.47. The predicted molar refractivity (Wildman–Crippen MR) is 218 cm³/mol. The molecular weight excluding hydrogens is 732 g/mol. The minimum absolute atomic E-state index is 0.0127. The number of likely N-dealkylation sites (tertiary alicyclic amines) is 1. The van der Waals surface area contributed by atoms with Crippen molar-refractivity contribution in [3.8, 4) is 28.3 Å². The molecule has 8 rings (SSSR count). The van der Waals surface area contributed by atoms with E-state index in [1.165, 1.54) is 17.2 Å². The summed E-state index contributed by atoms with van der Waals surface area (Å²) in [5, 5.41) is 7.65. The summed E-state index contributed by atoms with van der Waals surface area (Å²) in [6.07, 6.45) is 3.64. The van der Waals surface area contributed by atoms with Crippen LogP contribution in [0.5, 0.6) is 5.88 Å². The standard InChI is InChI=1S/C42H47ClN8O5/c1-24-21-33-35(39(52)49(4)41(54)48(33)3)37(44-24)45-30-12-8-9-27(25(30)2)28-10-7-11-29(36(28)43)31-22-26-13-14-32(34(26)38(46-31)56-6)51-18-16-42(23-51)15-17-50(19-20-55-5)40(53)47-42/h7-12,21-22,32H,13-20,23H2,1-6H3,(H,44,45)(H,47,53)/t32-,42-/m0/s1. The number of nitrogens with zero attached hydrogens (tertiary/aromatic N) is 6. The number of carbonyl (C=O) groups is 1. The second-order valence-corrected chi connectivity index (χ2v) is 15.7. The first-order valence-corrected chi connectivity index (χ1v) is 19.4. The molecule has 2 atom stereocenters. The fourth-order valence-electron chi connectivity index (χ4n) is 8.88. The van der Waals surface area contributed by atoms with E-state index < -0.39 is 11.2 Å². The Balaban J connectivity index is 1.08. The van der Waals surface area contributed by atoms with E-state index in [9.17, 15) is 14.4 Å². The summed E-state index contributed by atoms with van der Waals surface area (Å²) in [5.41, 5.74) is 7.39. The number of urea groups is 1. The number of anilines is 2. The van der Waals surface area contributed by atoms with E-state index in [1.807, 2.05) is 55.1 Å². The zero-order valence-corrected chi connectivity index (χ0v) is 33.4. The number of aromatic nitrogens is 4. The number of halogens is 1. The number of carbonyl (C=O) groups excluding carboxylic acids is 1. The Morgan fingerprint density at radius 1 is 0.964 bits per heavy atom. The Kier molecular flexibility index (Phi) is 9.88. The quantitative estimate of drug-likeness (QED) is 0.188. The number of nitrogens with one attached hydrogen (secondary N) is 2. The number of benzene rings is 2. The lowest BCUT2D eigenvalue weighted by Gasteiger charge is -2.40. The maximum Gasteiger partial charge on any atom is 0.330 e. The molecule has 0 unspecified atom stereocenters. The second-order valence-electron chi connectivity index (χ2n) is 15.3. The molecular formula is C42H47ClN8O5. The molecule has 0 bridgehead atoms. The zero-order valence-electron chi connectivity index (χ0n) is 32.7. The highest BCUT2D eigenvalue weighted by atomic mass is 35.5. The molecule has 0 saturated carbocycles. The first-order chi connectivity index (χ1) is 26.9. The zero-order chi connectivity index (χ0) is 39.5. The van der Waals surface area contributed by atoms with E-state index in [0.717, 1.165) is 89.1 Å². The van der Waals surface area contributed by atoms with Crippen LogP contribution in [0.25, 0.3) is 33.3 Å². The maximum atomic E-state index is 13.3. The van der Waals surface area contributed by atoms with Gasteiger partial charge in [-0.25, -0.2) is 19.6 Å². The van der Waals surface area contributed by atoms with Gasteiger partial charge in [0.15, 0.2) is 0 Å². The lowest BCUT2D eigenvalue weighted by atomic mass is 9.92. The van der Waals surface area contributed by atoms with E-state index in [1.54, 1.807) is 27.3 Å². The van der Waals surface area contributed by atoms with Crippen LogP contribution in [0.3, 0.4) is 0 Å². The molecule has 14 heteroatoms. The summed E-state index contributed by atoms with van der Waals surface area (Å²) < 4.78 is 13.8. The Morgan fingerprint density at radius 2 is 1.71 bits per heavy atom. The Bertz CT molecular complexity index is 2520. The number of amides is 2. The van der Waals surface area contributed by atoms with Gasteiger partial charge in [0.25, 0.3) is 5.56 Å². The summed E-state index contributed by atoms with van der Waals surface area (Å²) in [4.78, 5) is 53.1. The number of methoxy groups -OCH3 is 2. The van der Waals surface area contributed by atoms with E-state index >= 15 is 0 Å². The summed E-state index contributed by atoms with van der Waals surface area (Å²) in [5.74, 6) is 0.978. The molecule has 2 aliphatic heterocycles. The van der Waals surface area contributed by atoms with Crippen LogP contribution < -0.4 is 26.6 Å². The average Bonchev–Trinajstić information content (AvgIpc) is 3.80. The first kappa shape index (κ1) is 37.7. The fourth-order valence-corrected chi connectivity index (χ4v) is 9.21. The number of hydrogen-bond acceptors (Lipinski definition) is 9. The van der Waals surface area contributed by atoms with Crippen molar-refractivity contribution in [3.05, 3.63) is 96.8 Å². The molecule has 2 N–H and O–H groups in total. The van der Waals surface area contributed by atoms with Crippen LogP contribution in [0.2, 0.25) is 5.02 Å². The maximum absolute atomic E-state index is 13.3. The van der Waals surface area contributed by atoms with Gasteiger partial charge in [0.1, 0.15) is 11.2 Å². The summed E-state index contributed by atoms with van der Waals surface area (Å²) >= 11 is 7.30. The van der Waals surface area contributed by atoms with Crippen molar-refractivity contribution in [1.29, 1.82) is 0 Å². The van der Waals surface area contributed by atoms with E-state index in [-0.39, 0.29) is 17.6 Å². The Labute approximate surface area is 330 Å². The van der Waals surface area contributed by atoms with Gasteiger partial charge in [0.05, 0.1) is 35.5 Å². The molecule has 1 spiro atoms. The van der Waals surface area contributed by atoms with Crippen molar-refractivity contribution in [3.63, 3.8) is 0 Å². The average molecular weight is 779 g/mol. The van der Waals surface area contributed by atoms with Gasteiger partial charge in [-0.05, 0) is 74.4 Å². The van der Waals surface area contributed by atoms with E-state index in [2.05, 4.69) is 26.6 Å². The van der Waals surface area contributed by atoms with Crippen LogP contribution in [0, 0.1) is 13.8 Å². The summed E-state index contributed by atoms with van der Waals surface area (Å²) in [6.45, 7) is 7.37. The molecule has 5 heterocycles. The molecule has 292 valence electrons. The molecule has 13 nitrogen and oxygen atoms in total. The van der Waals surface area contributed by atoms with Gasteiger partial charge in [-0.15, -0.1) is 0 Å². The van der Waals surface area contributed by atoms with E-state index in [0.29, 0.717) is 46.5 Å². The van der Waals surface area contributed by atoms with Crippen molar-refractivity contribution in [2.24, 2.45) is 14.1 Å². The van der Waals surface area contributed by atoms with E-state index in [4.69, 9.17) is 26.1 Å². The number of fused-ring (bicyclic) bond motifs is 2. The van der Waals surface area contributed by atoms with Gasteiger partial charge in [0, 0.05) is 81.5 Å². The van der Waals surface area contributed by atoms with Crippen molar-refractivity contribution in [2.45, 2.75) is 51.1 Å². The molecule has 56 heavy (non-hydrogen) atoms. The number of hydrogen-bond donors (Lipinski definition) is 2. The molecule has 2 fully saturated rings. The first-order valence-electron chi connectivity index (χ1n) is 19.0. The smallest absolute Gasteiger partial charge is 0.330 e. The van der Waals surface area contributed by atoms with Crippen molar-refractivity contribution >= 4 is 40.0 Å². The highest BCUT2D eigenvalue weighted by molar-refractivity contribution is 6.36. The molecule has 1 aliphatic carbocycles. The Hall–Kier alpha value is -5.24. The number of aryl methyl sites for hydroxylation is 3. The molecule has 0 radical (unpaired) electrons. The minimum Gasteiger partial charge on any atom is -0.481 e. The third-order valence-corrected chi connectivity index (χ3v) is 12.4. The molecule has 2 amide bonds. The van der Waals surface area contributed by atoms with Gasteiger partial charge in [-0.1, -0.05) is 41.9 Å². The topological polar surface area (TPSA) is 136 Å². The van der Waals surface area contributed by atoms with Crippen molar-refractivity contribution in [2.75, 3.05) is 52.3 Å². The van der Waals surface area contributed by atoms with Crippen LogP contribution in [0.1, 0.15) is 47.7 Å². The lowest BCUT2D eigenvalue weighted by Crippen LogP contribution is -2.61. The Morgan fingerprint density at radius 3 is 2.48 bits per heavy atom. The molecule has 2 aromatic carbocycles. The second kappa shape index (κ2) is 14.7. The van der Waals surface area contributed by atoms with Gasteiger partial charge in [-0.3, -0.25) is 18.8 Å². The SMILES string of the molecule is COCCN1CC[C@@]2(CCN([C@H]3CCc4cc(-c5cccc(-c6cccc(Nc7nc(C)cc8c7c(=O)n(C)c(=O)n8C)c6C)c5Cl)nc(OC)c43)C2)NC1=O. The molecule has 3 aliphatic rings. The monoisotopic (exact) mass is 778 g/mol. The third kappa shape index (κ3) is 6.41. The molecule has 3 aromatic heterocycles. The summed E-state index contributed by atoms with van der Waals surface area (Å²) in [7, 11) is 6.45. The minimum atomic E-state index is -0.418. The largest absolute Gasteiger partial charge is 0.481 e. The van der Waals surface area contributed by atoms with Crippen molar-refractivity contribution in [1.82, 2.24) is 34.2 Å². The third-order valence-electron chi connectivity index (χ3n) is 12.0. The highest BCUT2D eigenvalue weighted by Gasteiger charge is 2.46. The van der Waals surface area contributed by atoms with Crippen LogP contribution in [-0.2, 0) is 25.3 Å². The van der Waals surface area contributed by atoms with Gasteiger partial charge < -0.3 is 25.0 Å². The number of rotatable bonds is 9. The predicted octanol–water partition coefficient (Wildman–Crippen LogP) is 5.88. The molecule has 5 aromatic rings. The van der Waals surface area contributed by atoms with Gasteiger partial charge in [-0.2, -0.15) is 0 Å². The number of ether oxygens (including phenoxy) is 2. The number of pyridine rings is 2. The van der Waals surface area contributed by atoms with Crippen LogP contribution in [0.15, 0.2) is 58.1 Å². The van der Waals surface area contributed by atoms with Crippen molar-refractivity contribution < 1.29 is 14.3 Å². The lowest BCUT2D eigenvalue weighted by molar-refractivity contribution is 0.114. The van der Waals surface area contributed by atoms with Gasteiger partial charge in [0.2, 0.25) is 5.88 Å².